The molecular formula is C18H19ClN2O2. The van der Waals surface area contributed by atoms with Crippen molar-refractivity contribution in [1.82, 2.24) is 0 Å². The summed E-state index contributed by atoms with van der Waals surface area (Å²) >= 11 is 5.99. The maximum Gasteiger partial charge on any atom is 0.259 e. The molecule has 0 spiro atoms. The Labute approximate surface area is 141 Å². The van der Waals surface area contributed by atoms with Gasteiger partial charge < -0.3 is 15.0 Å². The Morgan fingerprint density at radius 2 is 2.13 bits per heavy atom. The number of methoxy groups -OCH3 is 1. The first-order valence-electron chi connectivity index (χ1n) is 7.65. The minimum absolute atomic E-state index is 0.231. The number of anilines is 2. The van der Waals surface area contributed by atoms with Crippen LogP contribution in [0, 0.1) is 0 Å². The van der Waals surface area contributed by atoms with Crippen molar-refractivity contribution < 1.29 is 9.53 Å². The first-order chi connectivity index (χ1) is 11.1. The number of hydrogen-bond donors (Lipinski definition) is 1. The van der Waals surface area contributed by atoms with E-state index in [2.05, 4.69) is 23.2 Å². The van der Waals surface area contributed by atoms with E-state index >= 15 is 0 Å². The summed E-state index contributed by atoms with van der Waals surface area (Å²) in [6.07, 6.45) is 1.06. The predicted molar refractivity (Wildman–Crippen MR) is 94.0 cm³/mol. The number of amides is 1. The van der Waals surface area contributed by atoms with Crippen LogP contribution in [0.2, 0.25) is 5.02 Å². The summed E-state index contributed by atoms with van der Waals surface area (Å²) < 4.78 is 5.24. The maximum atomic E-state index is 12.5. The van der Waals surface area contributed by atoms with Crippen LogP contribution < -0.4 is 15.0 Å². The zero-order valence-electron chi connectivity index (χ0n) is 13.2. The number of benzene rings is 2. The topological polar surface area (TPSA) is 41.6 Å². The summed E-state index contributed by atoms with van der Waals surface area (Å²) in [5.41, 5.74) is 3.72. The van der Waals surface area contributed by atoms with Gasteiger partial charge in [0.1, 0.15) is 5.75 Å². The van der Waals surface area contributed by atoms with Crippen molar-refractivity contribution in [2.24, 2.45) is 0 Å². The number of carbonyl (C=O) groups excluding carboxylic acids is 1. The third-order valence-corrected chi connectivity index (χ3v) is 4.36. The number of nitrogens with one attached hydrogen (secondary N) is 1. The Bertz CT molecular complexity index is 746. The SMILES string of the molecule is CCN1CCc2ccc(NC(=O)c3cc(Cl)ccc3OC)cc21. The molecule has 1 aliphatic rings. The molecular weight excluding hydrogens is 312 g/mol. The zero-order chi connectivity index (χ0) is 16.4. The van der Waals surface area contributed by atoms with Crippen molar-refractivity contribution in [3.05, 3.63) is 52.5 Å². The number of likely N-dealkylation sites (N-methyl/N-ethyl adjacent to an activating group) is 1. The third-order valence-electron chi connectivity index (χ3n) is 4.12. The molecule has 5 heteroatoms. The summed E-state index contributed by atoms with van der Waals surface area (Å²) in [5.74, 6) is 0.272. The molecule has 0 atom stereocenters. The Balaban J connectivity index is 1.85. The summed E-state index contributed by atoms with van der Waals surface area (Å²) in [5, 5.41) is 3.43. The molecule has 0 aliphatic carbocycles. The quantitative estimate of drug-likeness (QED) is 0.921. The van der Waals surface area contributed by atoms with E-state index in [1.807, 2.05) is 12.1 Å². The Kier molecular flexibility index (Phi) is 4.44. The van der Waals surface area contributed by atoms with Gasteiger partial charge in [0, 0.05) is 29.5 Å². The van der Waals surface area contributed by atoms with Gasteiger partial charge in [-0.1, -0.05) is 17.7 Å². The minimum Gasteiger partial charge on any atom is -0.496 e. The predicted octanol–water partition coefficient (Wildman–Crippen LogP) is 3.98. The van der Waals surface area contributed by atoms with Crippen molar-refractivity contribution >= 4 is 28.9 Å². The van der Waals surface area contributed by atoms with Crippen LogP contribution in [0.4, 0.5) is 11.4 Å². The number of hydrogen-bond acceptors (Lipinski definition) is 3. The highest BCUT2D eigenvalue weighted by Gasteiger charge is 2.19. The molecule has 0 saturated carbocycles. The summed E-state index contributed by atoms with van der Waals surface area (Å²) in [7, 11) is 1.54. The molecule has 1 amide bonds. The average Bonchev–Trinajstić information content (AvgIpc) is 2.97. The molecule has 1 aliphatic heterocycles. The van der Waals surface area contributed by atoms with Gasteiger partial charge in [-0.05, 0) is 49.2 Å². The van der Waals surface area contributed by atoms with E-state index in [0.717, 1.165) is 25.2 Å². The van der Waals surface area contributed by atoms with Crippen molar-refractivity contribution in [1.29, 1.82) is 0 Å². The van der Waals surface area contributed by atoms with Crippen molar-refractivity contribution in [2.75, 3.05) is 30.4 Å². The minimum atomic E-state index is -0.231. The van der Waals surface area contributed by atoms with E-state index in [1.165, 1.54) is 18.4 Å². The van der Waals surface area contributed by atoms with Gasteiger partial charge in [-0.2, -0.15) is 0 Å². The average molecular weight is 331 g/mol. The second-order valence-corrected chi connectivity index (χ2v) is 5.91. The Hall–Kier alpha value is -2.20. The van der Waals surface area contributed by atoms with Crippen LogP contribution in [-0.4, -0.2) is 26.1 Å². The van der Waals surface area contributed by atoms with Gasteiger partial charge in [-0.25, -0.2) is 0 Å². The summed E-state index contributed by atoms with van der Waals surface area (Å²) in [6.45, 7) is 4.13. The molecule has 1 heterocycles. The molecule has 2 aromatic carbocycles. The molecule has 23 heavy (non-hydrogen) atoms. The molecule has 4 nitrogen and oxygen atoms in total. The first kappa shape index (κ1) is 15.7. The van der Waals surface area contributed by atoms with Gasteiger partial charge in [0.15, 0.2) is 0 Å². The molecule has 0 radical (unpaired) electrons. The highest BCUT2D eigenvalue weighted by Crippen LogP contribution is 2.31. The zero-order valence-corrected chi connectivity index (χ0v) is 14.0. The highest BCUT2D eigenvalue weighted by molar-refractivity contribution is 6.31. The molecule has 3 rings (SSSR count). The van der Waals surface area contributed by atoms with Gasteiger partial charge in [-0.15, -0.1) is 0 Å². The van der Waals surface area contributed by atoms with Gasteiger partial charge in [0.25, 0.3) is 5.91 Å². The van der Waals surface area contributed by atoms with Crippen molar-refractivity contribution in [2.45, 2.75) is 13.3 Å². The first-order valence-corrected chi connectivity index (χ1v) is 8.03. The molecule has 0 unspecified atom stereocenters. The Morgan fingerprint density at radius 3 is 2.87 bits per heavy atom. The number of nitrogens with zero attached hydrogens (tertiary/aromatic N) is 1. The number of rotatable bonds is 4. The second-order valence-electron chi connectivity index (χ2n) is 5.47. The molecule has 0 bridgehead atoms. The number of fused-ring (bicyclic) bond motifs is 1. The van der Waals surface area contributed by atoms with Crippen LogP contribution in [0.5, 0.6) is 5.75 Å². The molecule has 1 N–H and O–H groups in total. The lowest BCUT2D eigenvalue weighted by molar-refractivity contribution is 0.102. The lowest BCUT2D eigenvalue weighted by atomic mass is 10.1. The standard InChI is InChI=1S/C18H19ClN2O2/c1-3-21-9-8-12-4-6-14(11-16(12)21)20-18(22)15-10-13(19)5-7-17(15)23-2/h4-7,10-11H,3,8-9H2,1-2H3,(H,20,22). The van der Waals surface area contributed by atoms with E-state index in [4.69, 9.17) is 16.3 Å². The molecule has 2 aromatic rings. The van der Waals surface area contributed by atoms with Gasteiger partial charge in [0.2, 0.25) is 0 Å². The van der Waals surface area contributed by atoms with Crippen molar-refractivity contribution in [3.8, 4) is 5.75 Å². The van der Waals surface area contributed by atoms with Crippen LogP contribution in [-0.2, 0) is 6.42 Å². The molecule has 0 saturated heterocycles. The fourth-order valence-electron chi connectivity index (χ4n) is 2.91. The van der Waals surface area contributed by atoms with E-state index in [9.17, 15) is 4.79 Å². The maximum absolute atomic E-state index is 12.5. The lowest BCUT2D eigenvalue weighted by Crippen LogP contribution is -2.19. The van der Waals surface area contributed by atoms with Crippen LogP contribution in [0.25, 0.3) is 0 Å². The normalized spacial score (nSPS) is 12.9. The number of carbonyl (C=O) groups is 1. The summed E-state index contributed by atoms with van der Waals surface area (Å²) in [6, 6.07) is 11.1. The number of halogens is 1. The fourth-order valence-corrected chi connectivity index (χ4v) is 3.08. The smallest absolute Gasteiger partial charge is 0.259 e. The monoisotopic (exact) mass is 330 g/mol. The van der Waals surface area contributed by atoms with Crippen LogP contribution in [0.15, 0.2) is 36.4 Å². The third kappa shape index (κ3) is 3.13. The van der Waals surface area contributed by atoms with E-state index < -0.39 is 0 Å². The Morgan fingerprint density at radius 1 is 1.30 bits per heavy atom. The van der Waals surface area contributed by atoms with Gasteiger partial charge >= 0.3 is 0 Å². The van der Waals surface area contributed by atoms with E-state index in [1.54, 1.807) is 18.2 Å². The van der Waals surface area contributed by atoms with E-state index in [-0.39, 0.29) is 5.91 Å². The fraction of sp³-hybridized carbons (Fsp3) is 0.278. The molecule has 120 valence electrons. The largest absolute Gasteiger partial charge is 0.496 e. The van der Waals surface area contributed by atoms with Crippen molar-refractivity contribution in [3.63, 3.8) is 0 Å². The molecule has 0 aromatic heterocycles. The summed E-state index contributed by atoms with van der Waals surface area (Å²) in [4.78, 5) is 14.8. The van der Waals surface area contributed by atoms with Crippen LogP contribution in [0.3, 0.4) is 0 Å². The number of ether oxygens (including phenoxy) is 1. The van der Waals surface area contributed by atoms with Crippen LogP contribution >= 0.6 is 11.6 Å². The van der Waals surface area contributed by atoms with Crippen LogP contribution in [0.1, 0.15) is 22.8 Å². The van der Waals surface area contributed by atoms with E-state index in [0.29, 0.717) is 16.3 Å². The second kappa shape index (κ2) is 6.50. The highest BCUT2D eigenvalue weighted by atomic mass is 35.5. The van der Waals surface area contributed by atoms with Gasteiger partial charge in [0.05, 0.1) is 12.7 Å². The molecule has 0 fully saturated rings. The lowest BCUT2D eigenvalue weighted by Gasteiger charge is -2.17. The van der Waals surface area contributed by atoms with Gasteiger partial charge in [-0.3, -0.25) is 4.79 Å².